The number of hydrogen-bond acceptors (Lipinski definition) is 4. The largest absolute Gasteiger partial charge is 0.397 e. The van der Waals surface area contributed by atoms with Gasteiger partial charge in [-0.3, -0.25) is 8.74 Å². The molecule has 3 rings (SSSR count). The van der Waals surface area contributed by atoms with Crippen molar-refractivity contribution in [1.82, 2.24) is 4.98 Å². The fourth-order valence-electron chi connectivity index (χ4n) is 1.72. The predicted octanol–water partition coefficient (Wildman–Crippen LogP) is 2.82. The van der Waals surface area contributed by atoms with Crippen LogP contribution < -0.4 is 0 Å². The molecule has 0 bridgehead atoms. The normalized spacial score (nSPS) is 11.1. The van der Waals surface area contributed by atoms with Crippen molar-refractivity contribution >= 4 is 32.2 Å². The van der Waals surface area contributed by atoms with Crippen molar-refractivity contribution in [2.24, 2.45) is 0 Å². The molecule has 0 aliphatic heterocycles. The van der Waals surface area contributed by atoms with Gasteiger partial charge in [-0.05, 0) is 18.2 Å². The van der Waals surface area contributed by atoms with Gasteiger partial charge in [-0.2, -0.15) is 8.42 Å². The molecule has 0 saturated carbocycles. The molecule has 2 aromatic carbocycles. The van der Waals surface area contributed by atoms with E-state index in [1.807, 2.05) is 36.4 Å². The van der Waals surface area contributed by atoms with Gasteiger partial charge in [0.05, 0.1) is 18.1 Å². The van der Waals surface area contributed by atoms with E-state index in [1.165, 1.54) is 10.8 Å². The van der Waals surface area contributed by atoms with Gasteiger partial charge in [-0.25, -0.2) is 4.98 Å². The summed E-state index contributed by atoms with van der Waals surface area (Å²) >= 11 is 0. The maximum absolute atomic E-state index is 9.33. The van der Waals surface area contributed by atoms with E-state index < -0.39 is 10.4 Å². The molecule has 104 valence electrons. The SMILES string of the molecule is COS(=O)(=O)O.c1ccc2nc3ccccc3cc2c1. The Morgan fingerprint density at radius 1 is 0.950 bits per heavy atom. The molecule has 0 spiro atoms. The molecule has 20 heavy (non-hydrogen) atoms. The fraction of sp³-hybridized carbons (Fsp3) is 0.0714. The Bertz CT molecular complexity index is 726. The van der Waals surface area contributed by atoms with Crippen molar-refractivity contribution in [3.8, 4) is 0 Å². The third kappa shape index (κ3) is 3.74. The standard InChI is InChI=1S/C13H9N.CH4O4S/c1-3-7-12-10(5-1)9-11-6-2-4-8-13(11)14-12;1-5-6(2,3)4/h1-9H;1H3,(H,2,3,4). The van der Waals surface area contributed by atoms with Crippen LogP contribution in [0.15, 0.2) is 54.6 Å². The van der Waals surface area contributed by atoms with Crippen LogP contribution >= 0.6 is 0 Å². The van der Waals surface area contributed by atoms with Crippen LogP contribution in [0.25, 0.3) is 21.8 Å². The lowest BCUT2D eigenvalue weighted by molar-refractivity contribution is 0.324. The summed E-state index contributed by atoms with van der Waals surface area (Å²) in [5, 5.41) is 2.40. The molecule has 0 unspecified atom stereocenters. The number of aromatic nitrogens is 1. The molecule has 1 heterocycles. The smallest absolute Gasteiger partial charge is 0.264 e. The lowest BCUT2D eigenvalue weighted by Gasteiger charge is -1.99. The lowest BCUT2D eigenvalue weighted by atomic mass is 10.1. The van der Waals surface area contributed by atoms with Crippen molar-refractivity contribution in [3.63, 3.8) is 0 Å². The Labute approximate surface area is 116 Å². The Morgan fingerprint density at radius 3 is 1.75 bits per heavy atom. The number of nitrogens with zero attached hydrogens (tertiary/aromatic N) is 1. The number of fused-ring (bicyclic) bond motifs is 2. The van der Waals surface area contributed by atoms with E-state index in [0.717, 1.165) is 18.1 Å². The summed E-state index contributed by atoms with van der Waals surface area (Å²) in [6, 6.07) is 18.6. The molecule has 3 aromatic rings. The first kappa shape index (κ1) is 14.4. The first-order valence-electron chi connectivity index (χ1n) is 5.77. The summed E-state index contributed by atoms with van der Waals surface area (Å²) in [5.41, 5.74) is 2.12. The van der Waals surface area contributed by atoms with Crippen molar-refractivity contribution in [2.75, 3.05) is 7.11 Å². The van der Waals surface area contributed by atoms with E-state index in [-0.39, 0.29) is 0 Å². The number of hydrogen-bond donors (Lipinski definition) is 1. The Balaban J connectivity index is 0.000000212. The monoisotopic (exact) mass is 291 g/mol. The van der Waals surface area contributed by atoms with Crippen molar-refractivity contribution in [3.05, 3.63) is 54.6 Å². The van der Waals surface area contributed by atoms with Crippen LogP contribution in [-0.2, 0) is 14.6 Å². The number of rotatable bonds is 1. The molecule has 0 saturated heterocycles. The zero-order valence-electron chi connectivity index (χ0n) is 10.7. The van der Waals surface area contributed by atoms with E-state index in [0.29, 0.717) is 0 Å². The molecular weight excluding hydrogens is 278 g/mol. The van der Waals surface area contributed by atoms with Crippen molar-refractivity contribution in [1.29, 1.82) is 0 Å². The molecule has 6 heteroatoms. The van der Waals surface area contributed by atoms with Gasteiger partial charge in [0.1, 0.15) is 0 Å². The van der Waals surface area contributed by atoms with Crippen LogP contribution in [0.1, 0.15) is 0 Å². The molecule has 0 aliphatic carbocycles. The van der Waals surface area contributed by atoms with E-state index in [2.05, 4.69) is 27.4 Å². The second-order valence-electron chi connectivity index (χ2n) is 3.97. The van der Waals surface area contributed by atoms with Gasteiger partial charge in [0.2, 0.25) is 0 Å². The van der Waals surface area contributed by atoms with Gasteiger partial charge >= 0.3 is 10.4 Å². The molecule has 5 nitrogen and oxygen atoms in total. The topological polar surface area (TPSA) is 76.5 Å². The summed E-state index contributed by atoms with van der Waals surface area (Å²) in [6.45, 7) is 0. The Kier molecular flexibility index (Phi) is 4.29. The predicted molar refractivity (Wildman–Crippen MR) is 77.8 cm³/mol. The quantitative estimate of drug-likeness (QED) is 0.551. The molecule has 0 radical (unpaired) electrons. The highest BCUT2D eigenvalue weighted by Gasteiger charge is 1.96. The first-order valence-corrected chi connectivity index (χ1v) is 7.14. The third-order valence-corrected chi connectivity index (χ3v) is 3.06. The second-order valence-corrected chi connectivity index (χ2v) is 5.16. The molecular formula is C14H13NO4S. The zero-order chi connectivity index (χ0) is 14.6. The van der Waals surface area contributed by atoms with Gasteiger partial charge in [-0.15, -0.1) is 0 Å². The van der Waals surface area contributed by atoms with E-state index >= 15 is 0 Å². The summed E-state index contributed by atoms with van der Waals surface area (Å²) in [6.07, 6.45) is 0. The summed E-state index contributed by atoms with van der Waals surface area (Å²) in [7, 11) is -3.29. The number of para-hydroxylation sites is 2. The summed E-state index contributed by atoms with van der Waals surface area (Å²) < 4.78 is 29.7. The minimum atomic E-state index is -4.16. The molecule has 1 N–H and O–H groups in total. The van der Waals surface area contributed by atoms with Gasteiger partial charge in [-0.1, -0.05) is 36.4 Å². The van der Waals surface area contributed by atoms with Crippen molar-refractivity contribution < 1.29 is 17.2 Å². The third-order valence-electron chi connectivity index (χ3n) is 2.64. The maximum atomic E-state index is 9.33. The second kappa shape index (κ2) is 5.96. The average Bonchev–Trinajstić information content (AvgIpc) is 2.45. The summed E-state index contributed by atoms with van der Waals surface area (Å²) in [5.74, 6) is 0. The number of benzene rings is 2. The van der Waals surface area contributed by atoms with Crippen LogP contribution in [0.5, 0.6) is 0 Å². The molecule has 0 aliphatic rings. The highest BCUT2D eigenvalue weighted by atomic mass is 32.3. The maximum Gasteiger partial charge on any atom is 0.397 e. The van der Waals surface area contributed by atoms with Gasteiger partial charge in [0.25, 0.3) is 0 Å². The minimum Gasteiger partial charge on any atom is -0.264 e. The van der Waals surface area contributed by atoms with E-state index in [4.69, 9.17) is 4.55 Å². The van der Waals surface area contributed by atoms with Crippen LogP contribution in [-0.4, -0.2) is 25.1 Å². The van der Waals surface area contributed by atoms with E-state index in [9.17, 15) is 8.42 Å². The van der Waals surface area contributed by atoms with Gasteiger partial charge in [0, 0.05) is 10.8 Å². The lowest BCUT2D eigenvalue weighted by Crippen LogP contribution is -1.96. The average molecular weight is 291 g/mol. The zero-order valence-corrected chi connectivity index (χ0v) is 11.5. The van der Waals surface area contributed by atoms with Crippen LogP contribution in [0, 0.1) is 0 Å². The summed E-state index contributed by atoms with van der Waals surface area (Å²) in [4.78, 5) is 4.58. The first-order chi connectivity index (χ1) is 9.49. The van der Waals surface area contributed by atoms with Gasteiger partial charge in [0.15, 0.2) is 0 Å². The van der Waals surface area contributed by atoms with Crippen molar-refractivity contribution in [2.45, 2.75) is 0 Å². The highest BCUT2D eigenvalue weighted by molar-refractivity contribution is 7.80. The molecule has 0 amide bonds. The highest BCUT2D eigenvalue weighted by Crippen LogP contribution is 2.18. The van der Waals surface area contributed by atoms with Crippen LogP contribution in [0.3, 0.4) is 0 Å². The van der Waals surface area contributed by atoms with E-state index in [1.54, 1.807) is 0 Å². The Hall–Kier alpha value is -2.02. The van der Waals surface area contributed by atoms with Gasteiger partial charge < -0.3 is 0 Å². The Morgan fingerprint density at radius 2 is 1.35 bits per heavy atom. The molecule has 1 aromatic heterocycles. The molecule has 0 atom stereocenters. The van der Waals surface area contributed by atoms with Crippen LogP contribution in [0.4, 0.5) is 0 Å². The molecule has 0 fully saturated rings. The fourth-order valence-corrected chi connectivity index (χ4v) is 1.72. The minimum absolute atomic E-state index is 0.870. The number of pyridine rings is 1. The van der Waals surface area contributed by atoms with Crippen LogP contribution in [0.2, 0.25) is 0 Å².